The molecule has 4 nitrogen and oxygen atoms in total. The zero-order valence-electron chi connectivity index (χ0n) is 10.9. The van der Waals surface area contributed by atoms with E-state index in [1.54, 1.807) is 4.90 Å². The molecule has 0 bridgehead atoms. The number of benzene rings is 1. The highest BCUT2D eigenvalue weighted by Gasteiger charge is 2.15. The Bertz CT molecular complexity index is 468. The Labute approximate surface area is 120 Å². The van der Waals surface area contributed by atoms with Crippen LogP contribution in [0.3, 0.4) is 0 Å². The fourth-order valence-corrected chi connectivity index (χ4v) is 2.67. The number of nitrogens with one attached hydrogen (secondary N) is 1. The Balaban J connectivity index is 1.68. The molecule has 1 aliphatic heterocycles. The van der Waals surface area contributed by atoms with Gasteiger partial charge in [0.25, 0.3) is 0 Å². The lowest BCUT2D eigenvalue weighted by Crippen LogP contribution is -2.45. The molecule has 2 amide bonds. The van der Waals surface area contributed by atoms with E-state index in [0.717, 1.165) is 36.7 Å². The first-order valence-electron chi connectivity index (χ1n) is 6.35. The summed E-state index contributed by atoms with van der Waals surface area (Å²) < 4.78 is 30.9. The second-order valence-corrected chi connectivity index (χ2v) is 5.48. The van der Waals surface area contributed by atoms with Crippen LogP contribution in [0, 0.1) is 11.6 Å². The van der Waals surface area contributed by atoms with Gasteiger partial charge >= 0.3 is 6.03 Å². The highest BCUT2D eigenvalue weighted by molar-refractivity contribution is 7.99. The number of hydrogen-bond donors (Lipinski definition) is 1. The van der Waals surface area contributed by atoms with Gasteiger partial charge in [0.05, 0.1) is 6.54 Å². The topological polar surface area (TPSA) is 41.6 Å². The van der Waals surface area contributed by atoms with E-state index in [2.05, 4.69) is 5.32 Å². The van der Waals surface area contributed by atoms with E-state index in [0.29, 0.717) is 6.54 Å². The molecular formula is C13H16F2N2O2S. The van der Waals surface area contributed by atoms with Crippen LogP contribution in [0.25, 0.3) is 0 Å². The van der Waals surface area contributed by atoms with Crippen molar-refractivity contribution in [1.82, 2.24) is 10.2 Å². The molecular weight excluding hydrogens is 286 g/mol. The molecule has 7 heteroatoms. The van der Waals surface area contributed by atoms with Crippen molar-refractivity contribution in [2.45, 2.75) is 0 Å². The van der Waals surface area contributed by atoms with Gasteiger partial charge in [-0.3, -0.25) is 0 Å². The molecule has 1 aromatic carbocycles. The number of carbonyl (C=O) groups excluding carboxylic acids is 1. The second-order valence-electron chi connectivity index (χ2n) is 4.26. The van der Waals surface area contributed by atoms with Crippen molar-refractivity contribution < 1.29 is 18.3 Å². The fraction of sp³-hybridized carbons (Fsp3) is 0.462. The third kappa shape index (κ3) is 4.26. The summed E-state index contributed by atoms with van der Waals surface area (Å²) >= 11 is 1.83. The van der Waals surface area contributed by atoms with Crippen molar-refractivity contribution in [2.75, 3.05) is 37.7 Å². The van der Waals surface area contributed by atoms with Gasteiger partial charge in [0.1, 0.15) is 12.4 Å². The molecule has 1 saturated heterocycles. The summed E-state index contributed by atoms with van der Waals surface area (Å²) in [6.45, 7) is 2.03. The van der Waals surface area contributed by atoms with Gasteiger partial charge in [0.15, 0.2) is 11.6 Å². The predicted molar refractivity (Wildman–Crippen MR) is 74.1 cm³/mol. The maximum absolute atomic E-state index is 12.9. The van der Waals surface area contributed by atoms with E-state index in [4.69, 9.17) is 4.74 Å². The molecule has 1 heterocycles. The van der Waals surface area contributed by atoms with E-state index in [9.17, 15) is 13.6 Å². The van der Waals surface area contributed by atoms with Crippen LogP contribution in [-0.4, -0.2) is 48.7 Å². The smallest absolute Gasteiger partial charge is 0.317 e. The van der Waals surface area contributed by atoms with E-state index in [1.807, 2.05) is 11.8 Å². The number of amides is 2. The minimum Gasteiger partial charge on any atom is -0.492 e. The summed E-state index contributed by atoms with van der Waals surface area (Å²) in [6, 6.07) is 3.23. The molecule has 0 unspecified atom stereocenters. The SMILES string of the molecule is O=C(NCCOc1ccc(F)c(F)c1)N1CCSCC1. The number of ether oxygens (including phenoxy) is 1. The lowest BCUT2D eigenvalue weighted by molar-refractivity contribution is 0.199. The average molecular weight is 302 g/mol. The molecule has 0 radical (unpaired) electrons. The van der Waals surface area contributed by atoms with E-state index in [-0.39, 0.29) is 18.4 Å². The van der Waals surface area contributed by atoms with Crippen molar-refractivity contribution >= 4 is 17.8 Å². The van der Waals surface area contributed by atoms with Gasteiger partial charge in [-0.1, -0.05) is 0 Å². The number of nitrogens with zero attached hydrogens (tertiary/aromatic N) is 1. The number of thioether (sulfide) groups is 1. The molecule has 20 heavy (non-hydrogen) atoms. The van der Waals surface area contributed by atoms with Crippen molar-refractivity contribution in [3.05, 3.63) is 29.8 Å². The van der Waals surface area contributed by atoms with Crippen LogP contribution in [-0.2, 0) is 0 Å². The summed E-state index contributed by atoms with van der Waals surface area (Å²) in [5.74, 6) is 0.302. The Hall–Kier alpha value is -1.50. The van der Waals surface area contributed by atoms with Crippen LogP contribution in [0.1, 0.15) is 0 Å². The third-order valence-electron chi connectivity index (χ3n) is 2.84. The summed E-state index contributed by atoms with van der Waals surface area (Å²) in [6.07, 6.45) is 0. The number of halogens is 2. The third-order valence-corrected chi connectivity index (χ3v) is 3.78. The van der Waals surface area contributed by atoms with Crippen LogP contribution >= 0.6 is 11.8 Å². The quantitative estimate of drug-likeness (QED) is 0.866. The molecule has 0 saturated carbocycles. The lowest BCUT2D eigenvalue weighted by atomic mass is 10.3. The van der Waals surface area contributed by atoms with Gasteiger partial charge in [0, 0.05) is 30.7 Å². The standard InChI is InChI=1S/C13H16F2N2O2S/c14-11-2-1-10(9-12(11)15)19-6-3-16-13(18)17-4-7-20-8-5-17/h1-2,9H,3-8H2,(H,16,18). The Kier molecular flexibility index (Phi) is 5.46. The van der Waals surface area contributed by atoms with Gasteiger partial charge in [-0.25, -0.2) is 13.6 Å². The Morgan fingerprint density at radius 1 is 1.30 bits per heavy atom. The van der Waals surface area contributed by atoms with E-state index in [1.165, 1.54) is 6.07 Å². The first-order valence-corrected chi connectivity index (χ1v) is 7.50. The zero-order chi connectivity index (χ0) is 14.4. The Morgan fingerprint density at radius 2 is 2.05 bits per heavy atom. The monoisotopic (exact) mass is 302 g/mol. The maximum atomic E-state index is 12.9. The minimum absolute atomic E-state index is 0.112. The number of carbonyl (C=O) groups is 1. The molecule has 0 aromatic heterocycles. The van der Waals surface area contributed by atoms with Gasteiger partial charge in [-0.05, 0) is 12.1 Å². The highest BCUT2D eigenvalue weighted by Crippen LogP contribution is 2.15. The molecule has 0 atom stereocenters. The second kappa shape index (κ2) is 7.33. The summed E-state index contributed by atoms with van der Waals surface area (Å²) in [7, 11) is 0. The molecule has 1 N–H and O–H groups in total. The van der Waals surface area contributed by atoms with Crippen molar-refractivity contribution in [2.24, 2.45) is 0 Å². The first kappa shape index (κ1) is 14.9. The summed E-state index contributed by atoms with van der Waals surface area (Å²) in [5, 5.41) is 2.73. The van der Waals surface area contributed by atoms with Crippen LogP contribution in [0.2, 0.25) is 0 Å². The first-order chi connectivity index (χ1) is 9.66. The largest absolute Gasteiger partial charge is 0.492 e. The molecule has 0 aliphatic carbocycles. The van der Waals surface area contributed by atoms with E-state index >= 15 is 0 Å². The molecule has 110 valence electrons. The van der Waals surface area contributed by atoms with E-state index < -0.39 is 11.6 Å². The predicted octanol–water partition coefficient (Wildman–Crippen LogP) is 2.10. The van der Waals surface area contributed by atoms with Crippen molar-refractivity contribution in [3.63, 3.8) is 0 Å². The van der Waals surface area contributed by atoms with Gasteiger partial charge < -0.3 is 15.0 Å². The van der Waals surface area contributed by atoms with Crippen LogP contribution in [0.4, 0.5) is 13.6 Å². The lowest BCUT2D eigenvalue weighted by Gasteiger charge is -2.26. The molecule has 1 aromatic rings. The van der Waals surface area contributed by atoms with Crippen LogP contribution in [0.5, 0.6) is 5.75 Å². The summed E-state index contributed by atoms with van der Waals surface area (Å²) in [4.78, 5) is 13.5. The maximum Gasteiger partial charge on any atom is 0.317 e. The van der Waals surface area contributed by atoms with Crippen molar-refractivity contribution in [1.29, 1.82) is 0 Å². The van der Waals surface area contributed by atoms with Gasteiger partial charge in [-0.15, -0.1) is 0 Å². The normalized spacial score (nSPS) is 15.0. The Morgan fingerprint density at radius 3 is 2.75 bits per heavy atom. The van der Waals surface area contributed by atoms with Crippen LogP contribution < -0.4 is 10.1 Å². The fourth-order valence-electron chi connectivity index (χ4n) is 1.77. The molecule has 1 fully saturated rings. The number of urea groups is 1. The van der Waals surface area contributed by atoms with Crippen molar-refractivity contribution in [3.8, 4) is 5.75 Å². The van der Waals surface area contributed by atoms with Gasteiger partial charge in [0.2, 0.25) is 0 Å². The molecule has 1 aliphatic rings. The molecule has 2 rings (SSSR count). The summed E-state index contributed by atoms with van der Waals surface area (Å²) in [5.41, 5.74) is 0. The van der Waals surface area contributed by atoms with Crippen LogP contribution in [0.15, 0.2) is 18.2 Å². The molecule has 0 spiro atoms. The number of rotatable bonds is 4. The van der Waals surface area contributed by atoms with Gasteiger partial charge in [-0.2, -0.15) is 11.8 Å². The average Bonchev–Trinajstić information content (AvgIpc) is 2.48. The number of hydrogen-bond acceptors (Lipinski definition) is 3. The zero-order valence-corrected chi connectivity index (χ0v) is 11.7. The highest BCUT2D eigenvalue weighted by atomic mass is 32.2. The minimum atomic E-state index is -0.947.